The molecule has 30 heavy (non-hydrogen) atoms. The Morgan fingerprint density at radius 1 is 1.07 bits per heavy atom. The van der Waals surface area contributed by atoms with Crippen molar-refractivity contribution in [2.75, 3.05) is 6.61 Å². The molecule has 2 N–H and O–H groups in total. The Hall–Kier alpha value is -3.67. The van der Waals surface area contributed by atoms with E-state index >= 15 is 0 Å². The lowest BCUT2D eigenvalue weighted by Gasteiger charge is -2.16. The lowest BCUT2D eigenvalue weighted by Crippen LogP contribution is -2.20. The molecule has 0 unspecified atom stereocenters. The molecule has 0 atom stereocenters. The molecule has 6 heteroatoms. The molecule has 0 saturated carbocycles. The Bertz CT molecular complexity index is 1230. The van der Waals surface area contributed by atoms with Crippen LogP contribution < -0.4 is 10.5 Å². The summed E-state index contributed by atoms with van der Waals surface area (Å²) in [7, 11) is 0. The number of benzene rings is 3. The van der Waals surface area contributed by atoms with Gasteiger partial charge in [-0.1, -0.05) is 30.3 Å². The van der Waals surface area contributed by atoms with Crippen LogP contribution in [0.2, 0.25) is 0 Å². The predicted molar refractivity (Wildman–Crippen MR) is 115 cm³/mol. The maximum absolute atomic E-state index is 14.1. The minimum Gasteiger partial charge on any atom is -0.483 e. The number of fused-ring (bicyclic) bond motifs is 1. The second kappa shape index (κ2) is 7.99. The van der Waals surface area contributed by atoms with Gasteiger partial charge in [0.05, 0.1) is 23.1 Å². The number of imidazole rings is 1. The summed E-state index contributed by atoms with van der Waals surface area (Å²) in [5.74, 6) is 0.249. The van der Waals surface area contributed by atoms with Crippen LogP contribution in [0.15, 0.2) is 60.7 Å². The van der Waals surface area contributed by atoms with E-state index in [2.05, 4.69) is 26.0 Å². The van der Waals surface area contributed by atoms with Crippen molar-refractivity contribution in [3.63, 3.8) is 0 Å². The predicted octanol–water partition coefficient (Wildman–Crippen LogP) is 4.37. The summed E-state index contributed by atoms with van der Waals surface area (Å²) in [6, 6.07) is 18.0. The molecule has 0 fully saturated rings. The molecule has 0 saturated heterocycles. The molecule has 0 radical (unpaired) electrons. The van der Waals surface area contributed by atoms with Gasteiger partial charge in [-0.2, -0.15) is 0 Å². The highest BCUT2D eigenvalue weighted by Gasteiger charge is 2.18. The van der Waals surface area contributed by atoms with Crippen molar-refractivity contribution < 1.29 is 13.9 Å². The molecule has 4 rings (SSSR count). The minimum absolute atomic E-state index is 0.233. The van der Waals surface area contributed by atoms with Crippen LogP contribution in [0, 0.1) is 19.7 Å². The van der Waals surface area contributed by atoms with E-state index in [4.69, 9.17) is 15.5 Å². The van der Waals surface area contributed by atoms with Gasteiger partial charge in [-0.3, -0.25) is 4.79 Å². The maximum Gasteiger partial charge on any atom is 0.255 e. The number of hydrogen-bond acceptors (Lipinski definition) is 3. The number of ether oxygens (including phenoxy) is 1. The summed E-state index contributed by atoms with van der Waals surface area (Å²) in [6.07, 6.45) is 0. The fourth-order valence-corrected chi connectivity index (χ4v) is 3.64. The van der Waals surface area contributed by atoms with Gasteiger partial charge in [0.1, 0.15) is 17.4 Å². The topological polar surface area (TPSA) is 70.1 Å². The smallest absolute Gasteiger partial charge is 0.255 e. The second-order valence-electron chi connectivity index (χ2n) is 7.28. The number of nitrogens with two attached hydrogens (primary N) is 1. The zero-order valence-electron chi connectivity index (χ0n) is 16.9. The largest absolute Gasteiger partial charge is 0.483 e. The molecule has 5 nitrogen and oxygen atoms in total. The number of carbonyl (C=O) groups excluding carboxylic acids is 1. The van der Waals surface area contributed by atoms with Crippen molar-refractivity contribution in [1.82, 2.24) is 9.55 Å². The zero-order chi connectivity index (χ0) is 21.3. The Morgan fingerprint density at radius 2 is 1.80 bits per heavy atom. The highest BCUT2D eigenvalue weighted by Crippen LogP contribution is 2.33. The first-order valence-corrected chi connectivity index (χ1v) is 9.65. The van der Waals surface area contributed by atoms with Gasteiger partial charge in [0.2, 0.25) is 0 Å². The number of primary amides is 1. The van der Waals surface area contributed by atoms with E-state index in [1.54, 1.807) is 12.1 Å². The summed E-state index contributed by atoms with van der Waals surface area (Å²) >= 11 is 0. The molecular formula is C24H22FN3O2. The minimum atomic E-state index is -0.559. The summed E-state index contributed by atoms with van der Waals surface area (Å²) in [5.41, 5.74) is 10.8. The van der Waals surface area contributed by atoms with Crippen LogP contribution in [0.1, 0.15) is 16.7 Å². The molecule has 0 aliphatic rings. The number of rotatable bonds is 6. The van der Waals surface area contributed by atoms with Gasteiger partial charge < -0.3 is 15.0 Å². The highest BCUT2D eigenvalue weighted by atomic mass is 19.1. The quantitative estimate of drug-likeness (QED) is 0.520. The Morgan fingerprint density at radius 3 is 2.53 bits per heavy atom. The van der Waals surface area contributed by atoms with Crippen LogP contribution in [-0.2, 0) is 11.3 Å². The standard InChI is InChI=1S/C24H22FN3O2/c1-15-6-5-7-16(2)19(15)13-28-21-12-17(25)10-11-20(21)27-24(28)18-8-3-4-9-22(18)30-14-23(26)29/h3-12H,13-14H2,1-2H3,(H2,26,29). The second-order valence-corrected chi connectivity index (χ2v) is 7.28. The fourth-order valence-electron chi connectivity index (χ4n) is 3.64. The van der Waals surface area contributed by atoms with Crippen LogP contribution in [0.3, 0.4) is 0 Å². The van der Waals surface area contributed by atoms with E-state index < -0.39 is 5.91 Å². The Kier molecular flexibility index (Phi) is 5.23. The highest BCUT2D eigenvalue weighted by molar-refractivity contribution is 5.82. The van der Waals surface area contributed by atoms with Gasteiger partial charge in [-0.25, -0.2) is 9.37 Å². The van der Waals surface area contributed by atoms with Gasteiger partial charge in [0.25, 0.3) is 5.91 Å². The number of carbonyl (C=O) groups is 1. The van der Waals surface area contributed by atoms with Crippen molar-refractivity contribution >= 4 is 16.9 Å². The molecule has 0 aliphatic heterocycles. The number of para-hydroxylation sites is 1. The average Bonchev–Trinajstić information content (AvgIpc) is 3.07. The third kappa shape index (κ3) is 3.76. The SMILES string of the molecule is Cc1cccc(C)c1Cn1c(-c2ccccc2OCC(N)=O)nc2ccc(F)cc21. The molecule has 4 aromatic rings. The van der Waals surface area contributed by atoms with Crippen molar-refractivity contribution in [2.45, 2.75) is 20.4 Å². The van der Waals surface area contributed by atoms with Crippen molar-refractivity contribution in [3.05, 3.63) is 83.2 Å². The van der Waals surface area contributed by atoms with E-state index in [0.29, 0.717) is 34.7 Å². The summed E-state index contributed by atoms with van der Waals surface area (Å²) in [5, 5.41) is 0. The number of nitrogens with zero attached hydrogens (tertiary/aromatic N) is 2. The molecule has 1 aromatic heterocycles. The molecule has 3 aromatic carbocycles. The normalized spacial score (nSPS) is 11.0. The van der Waals surface area contributed by atoms with E-state index in [-0.39, 0.29) is 12.4 Å². The van der Waals surface area contributed by atoms with Crippen LogP contribution in [0.4, 0.5) is 4.39 Å². The lowest BCUT2D eigenvalue weighted by atomic mass is 10.0. The zero-order valence-corrected chi connectivity index (χ0v) is 16.9. The third-order valence-electron chi connectivity index (χ3n) is 5.17. The monoisotopic (exact) mass is 403 g/mol. The van der Waals surface area contributed by atoms with E-state index in [1.165, 1.54) is 12.1 Å². The number of halogens is 1. The fraction of sp³-hybridized carbons (Fsp3) is 0.167. The Balaban J connectivity index is 1.91. The molecule has 1 amide bonds. The molecule has 0 aliphatic carbocycles. The van der Waals surface area contributed by atoms with Gasteiger partial charge in [-0.15, -0.1) is 0 Å². The number of aromatic nitrogens is 2. The first-order chi connectivity index (χ1) is 14.4. The van der Waals surface area contributed by atoms with Gasteiger partial charge in [-0.05, 0) is 60.9 Å². The maximum atomic E-state index is 14.1. The van der Waals surface area contributed by atoms with Crippen molar-refractivity contribution in [2.24, 2.45) is 5.73 Å². The lowest BCUT2D eigenvalue weighted by molar-refractivity contribution is -0.119. The third-order valence-corrected chi connectivity index (χ3v) is 5.17. The first-order valence-electron chi connectivity index (χ1n) is 9.65. The first kappa shape index (κ1) is 19.6. The van der Waals surface area contributed by atoms with Gasteiger partial charge in [0.15, 0.2) is 6.61 Å². The Labute approximate surface area is 173 Å². The number of aryl methyl sites for hydroxylation is 2. The average molecular weight is 403 g/mol. The van der Waals surface area contributed by atoms with Crippen LogP contribution in [0.25, 0.3) is 22.4 Å². The number of amides is 1. The summed E-state index contributed by atoms with van der Waals surface area (Å²) < 4.78 is 21.7. The van der Waals surface area contributed by atoms with Crippen LogP contribution >= 0.6 is 0 Å². The van der Waals surface area contributed by atoms with E-state index in [0.717, 1.165) is 16.7 Å². The molecule has 1 heterocycles. The molecule has 152 valence electrons. The number of hydrogen-bond donors (Lipinski definition) is 1. The van der Waals surface area contributed by atoms with Gasteiger partial charge >= 0.3 is 0 Å². The van der Waals surface area contributed by atoms with E-state index in [1.807, 2.05) is 28.8 Å². The van der Waals surface area contributed by atoms with Gasteiger partial charge in [0, 0.05) is 0 Å². The van der Waals surface area contributed by atoms with Crippen LogP contribution in [-0.4, -0.2) is 22.1 Å². The summed E-state index contributed by atoms with van der Waals surface area (Å²) in [4.78, 5) is 16.0. The molecular weight excluding hydrogens is 381 g/mol. The molecule has 0 spiro atoms. The van der Waals surface area contributed by atoms with Crippen molar-refractivity contribution in [1.29, 1.82) is 0 Å². The van der Waals surface area contributed by atoms with Crippen molar-refractivity contribution in [3.8, 4) is 17.1 Å². The molecule has 0 bridgehead atoms. The van der Waals surface area contributed by atoms with E-state index in [9.17, 15) is 9.18 Å². The summed E-state index contributed by atoms with van der Waals surface area (Å²) in [6.45, 7) is 4.41. The van der Waals surface area contributed by atoms with Crippen LogP contribution in [0.5, 0.6) is 5.75 Å².